The van der Waals surface area contributed by atoms with Gasteiger partial charge in [0.25, 0.3) is 0 Å². The summed E-state index contributed by atoms with van der Waals surface area (Å²) in [6, 6.07) is 0.557. The van der Waals surface area contributed by atoms with Gasteiger partial charge in [-0.1, -0.05) is 41.5 Å². The standard InChI is InChI=1S/C15H34N2O/c1-13(2)10-17(8-9-18-7)12-15(5,6)11-16-14(3)4/h13-14,16H,8-12H2,1-7H3. The smallest absolute Gasteiger partial charge is 0.0589 e. The van der Waals surface area contributed by atoms with Crippen molar-refractivity contribution in [2.75, 3.05) is 39.9 Å². The first-order valence-electron chi connectivity index (χ1n) is 7.21. The van der Waals surface area contributed by atoms with Crippen LogP contribution in [0.4, 0.5) is 0 Å². The first kappa shape index (κ1) is 17.9. The molecule has 0 unspecified atom stereocenters. The molecule has 3 nitrogen and oxygen atoms in total. The van der Waals surface area contributed by atoms with Crippen molar-refractivity contribution in [3.8, 4) is 0 Å². The molecule has 0 aromatic rings. The van der Waals surface area contributed by atoms with Gasteiger partial charge < -0.3 is 15.0 Å². The molecular weight excluding hydrogens is 224 g/mol. The number of hydrogen-bond donors (Lipinski definition) is 1. The summed E-state index contributed by atoms with van der Waals surface area (Å²) in [5, 5.41) is 3.54. The molecule has 0 saturated carbocycles. The molecule has 0 atom stereocenters. The van der Waals surface area contributed by atoms with Crippen molar-refractivity contribution >= 4 is 0 Å². The van der Waals surface area contributed by atoms with Crippen molar-refractivity contribution in [3.63, 3.8) is 0 Å². The van der Waals surface area contributed by atoms with E-state index in [4.69, 9.17) is 4.74 Å². The third-order valence-electron chi connectivity index (χ3n) is 2.88. The summed E-state index contributed by atoms with van der Waals surface area (Å²) in [5.74, 6) is 0.704. The van der Waals surface area contributed by atoms with Gasteiger partial charge in [0.05, 0.1) is 6.61 Å². The molecule has 1 N–H and O–H groups in total. The minimum absolute atomic E-state index is 0.299. The molecule has 0 fully saturated rings. The Balaban J connectivity index is 4.24. The Morgan fingerprint density at radius 1 is 1.17 bits per heavy atom. The SMILES string of the molecule is COCCN(CC(C)C)CC(C)(C)CNC(C)C. The fourth-order valence-electron chi connectivity index (χ4n) is 2.11. The van der Waals surface area contributed by atoms with Crippen molar-refractivity contribution in [1.29, 1.82) is 0 Å². The highest BCUT2D eigenvalue weighted by Crippen LogP contribution is 2.17. The summed E-state index contributed by atoms with van der Waals surface area (Å²) in [7, 11) is 1.78. The van der Waals surface area contributed by atoms with E-state index in [0.29, 0.717) is 17.4 Å². The van der Waals surface area contributed by atoms with Crippen molar-refractivity contribution in [2.24, 2.45) is 11.3 Å². The zero-order valence-corrected chi connectivity index (χ0v) is 13.5. The topological polar surface area (TPSA) is 24.5 Å². The van der Waals surface area contributed by atoms with Crippen LogP contribution in [0.15, 0.2) is 0 Å². The van der Waals surface area contributed by atoms with Crippen molar-refractivity contribution in [1.82, 2.24) is 10.2 Å². The van der Waals surface area contributed by atoms with Gasteiger partial charge in [-0.25, -0.2) is 0 Å². The third-order valence-corrected chi connectivity index (χ3v) is 2.88. The van der Waals surface area contributed by atoms with Gasteiger partial charge in [-0.2, -0.15) is 0 Å². The molecule has 0 aromatic heterocycles. The summed E-state index contributed by atoms with van der Waals surface area (Å²) < 4.78 is 5.21. The normalized spacial score (nSPS) is 13.0. The molecule has 0 aliphatic carbocycles. The number of methoxy groups -OCH3 is 1. The highest BCUT2D eigenvalue weighted by atomic mass is 16.5. The molecule has 18 heavy (non-hydrogen) atoms. The van der Waals surface area contributed by atoms with E-state index in [2.05, 4.69) is 51.8 Å². The predicted molar refractivity (Wildman–Crippen MR) is 80.1 cm³/mol. The van der Waals surface area contributed by atoms with E-state index >= 15 is 0 Å². The van der Waals surface area contributed by atoms with Crippen LogP contribution in [0, 0.1) is 11.3 Å². The Kier molecular flexibility index (Phi) is 8.83. The first-order chi connectivity index (χ1) is 8.26. The van der Waals surface area contributed by atoms with Gasteiger partial charge in [-0.15, -0.1) is 0 Å². The number of hydrogen-bond acceptors (Lipinski definition) is 3. The Hall–Kier alpha value is -0.120. The lowest BCUT2D eigenvalue weighted by Gasteiger charge is -2.34. The van der Waals surface area contributed by atoms with Crippen LogP contribution in [-0.4, -0.2) is 50.8 Å². The van der Waals surface area contributed by atoms with Crippen molar-refractivity contribution in [3.05, 3.63) is 0 Å². The fourth-order valence-corrected chi connectivity index (χ4v) is 2.11. The van der Waals surface area contributed by atoms with E-state index in [-0.39, 0.29) is 0 Å². The molecule has 110 valence electrons. The number of nitrogens with one attached hydrogen (secondary N) is 1. The average Bonchev–Trinajstić information content (AvgIpc) is 2.22. The Morgan fingerprint density at radius 2 is 1.78 bits per heavy atom. The quantitative estimate of drug-likeness (QED) is 0.652. The molecule has 0 bridgehead atoms. The maximum absolute atomic E-state index is 5.21. The maximum Gasteiger partial charge on any atom is 0.0589 e. The Morgan fingerprint density at radius 3 is 2.22 bits per heavy atom. The monoisotopic (exact) mass is 258 g/mol. The average molecular weight is 258 g/mol. The summed E-state index contributed by atoms with van der Waals surface area (Å²) in [6.07, 6.45) is 0. The molecule has 0 spiro atoms. The first-order valence-corrected chi connectivity index (χ1v) is 7.21. The summed E-state index contributed by atoms with van der Waals surface area (Å²) in [6.45, 7) is 18.8. The lowest BCUT2D eigenvalue weighted by atomic mass is 9.92. The van der Waals surface area contributed by atoms with E-state index in [0.717, 1.165) is 32.8 Å². The molecule has 0 saturated heterocycles. The molecule has 3 heteroatoms. The lowest BCUT2D eigenvalue weighted by molar-refractivity contribution is 0.108. The second kappa shape index (κ2) is 8.89. The van der Waals surface area contributed by atoms with Crippen LogP contribution in [0.25, 0.3) is 0 Å². The molecular formula is C15H34N2O. The molecule has 0 rings (SSSR count). The number of nitrogens with zero attached hydrogens (tertiary/aromatic N) is 1. The second-order valence-electron chi connectivity index (χ2n) is 6.82. The minimum Gasteiger partial charge on any atom is -0.383 e. The van der Waals surface area contributed by atoms with Crippen LogP contribution in [0.3, 0.4) is 0 Å². The fraction of sp³-hybridized carbons (Fsp3) is 1.00. The second-order valence-corrected chi connectivity index (χ2v) is 6.82. The van der Waals surface area contributed by atoms with Gasteiger partial charge in [0.2, 0.25) is 0 Å². The van der Waals surface area contributed by atoms with E-state index in [1.165, 1.54) is 0 Å². The van der Waals surface area contributed by atoms with E-state index in [1.54, 1.807) is 7.11 Å². The largest absolute Gasteiger partial charge is 0.383 e. The third kappa shape index (κ3) is 9.86. The molecule has 0 heterocycles. The molecule has 0 aliphatic rings. The van der Waals surface area contributed by atoms with Gasteiger partial charge in [0.15, 0.2) is 0 Å². The molecule has 0 amide bonds. The summed E-state index contributed by atoms with van der Waals surface area (Å²) in [5.41, 5.74) is 0.299. The predicted octanol–water partition coefficient (Wildman–Crippen LogP) is 2.62. The van der Waals surface area contributed by atoms with E-state index in [1.807, 2.05) is 0 Å². The van der Waals surface area contributed by atoms with Gasteiger partial charge >= 0.3 is 0 Å². The summed E-state index contributed by atoms with van der Waals surface area (Å²) in [4.78, 5) is 2.52. The highest BCUT2D eigenvalue weighted by molar-refractivity contribution is 4.77. The zero-order chi connectivity index (χ0) is 14.2. The van der Waals surface area contributed by atoms with Crippen molar-refractivity contribution in [2.45, 2.75) is 47.6 Å². The van der Waals surface area contributed by atoms with Gasteiger partial charge in [-0.3, -0.25) is 0 Å². The number of ether oxygens (including phenoxy) is 1. The van der Waals surface area contributed by atoms with Gasteiger partial charge in [0, 0.05) is 39.3 Å². The van der Waals surface area contributed by atoms with Crippen LogP contribution in [0.1, 0.15) is 41.5 Å². The zero-order valence-electron chi connectivity index (χ0n) is 13.5. The van der Waals surface area contributed by atoms with Gasteiger partial charge in [-0.05, 0) is 11.3 Å². The highest BCUT2D eigenvalue weighted by Gasteiger charge is 2.22. The minimum atomic E-state index is 0.299. The molecule has 0 aliphatic heterocycles. The Labute approximate surface area is 114 Å². The van der Waals surface area contributed by atoms with Gasteiger partial charge in [0.1, 0.15) is 0 Å². The van der Waals surface area contributed by atoms with Crippen LogP contribution >= 0.6 is 0 Å². The molecule has 0 aromatic carbocycles. The summed E-state index contributed by atoms with van der Waals surface area (Å²) >= 11 is 0. The van der Waals surface area contributed by atoms with E-state index in [9.17, 15) is 0 Å². The van der Waals surface area contributed by atoms with Crippen LogP contribution < -0.4 is 5.32 Å². The molecule has 0 radical (unpaired) electrons. The van der Waals surface area contributed by atoms with Crippen molar-refractivity contribution < 1.29 is 4.74 Å². The van der Waals surface area contributed by atoms with E-state index < -0.39 is 0 Å². The lowest BCUT2D eigenvalue weighted by Crippen LogP contribution is -2.44. The van der Waals surface area contributed by atoms with Crippen LogP contribution in [-0.2, 0) is 4.74 Å². The maximum atomic E-state index is 5.21. The van der Waals surface area contributed by atoms with Crippen LogP contribution in [0.5, 0.6) is 0 Å². The number of rotatable bonds is 10. The Bertz CT molecular complexity index is 203. The van der Waals surface area contributed by atoms with Crippen LogP contribution in [0.2, 0.25) is 0 Å².